The Morgan fingerprint density at radius 3 is 2.61 bits per heavy atom. The first-order valence-electron chi connectivity index (χ1n) is 6.31. The Hall–Kier alpha value is -0.910. The van der Waals surface area contributed by atoms with Crippen LogP contribution >= 0.6 is 11.8 Å². The van der Waals surface area contributed by atoms with E-state index in [1.165, 1.54) is 7.11 Å². The van der Waals surface area contributed by atoms with E-state index in [0.29, 0.717) is 6.42 Å². The van der Waals surface area contributed by atoms with Crippen LogP contribution in [0.2, 0.25) is 0 Å². The minimum atomic E-state index is -0.552. The zero-order valence-electron chi connectivity index (χ0n) is 11.0. The third-order valence-electron chi connectivity index (χ3n) is 3.09. The SMILES string of the molecule is COC(=O)C(CCSC)NC(=O)NC1CCCC1. The lowest BCUT2D eigenvalue weighted by Gasteiger charge is -2.18. The van der Waals surface area contributed by atoms with Crippen molar-refractivity contribution in [2.24, 2.45) is 0 Å². The predicted octanol–water partition coefficient (Wildman–Crippen LogP) is 1.52. The fraction of sp³-hybridized carbons (Fsp3) is 0.833. The summed E-state index contributed by atoms with van der Waals surface area (Å²) in [6, 6.07) is -0.564. The van der Waals surface area contributed by atoms with E-state index in [0.717, 1.165) is 31.4 Å². The molecule has 0 saturated heterocycles. The molecule has 104 valence electrons. The summed E-state index contributed by atoms with van der Waals surface area (Å²) in [7, 11) is 1.34. The summed E-state index contributed by atoms with van der Waals surface area (Å²) < 4.78 is 4.69. The summed E-state index contributed by atoms with van der Waals surface area (Å²) in [6.45, 7) is 0. The van der Waals surface area contributed by atoms with Gasteiger partial charge in [0.2, 0.25) is 0 Å². The number of ether oxygens (including phenoxy) is 1. The summed E-state index contributed by atoms with van der Waals surface area (Å²) in [5, 5.41) is 5.59. The summed E-state index contributed by atoms with van der Waals surface area (Å²) in [4.78, 5) is 23.3. The second kappa shape index (κ2) is 8.24. The van der Waals surface area contributed by atoms with Gasteiger partial charge in [0.25, 0.3) is 0 Å². The van der Waals surface area contributed by atoms with E-state index >= 15 is 0 Å². The van der Waals surface area contributed by atoms with Crippen molar-refractivity contribution in [1.29, 1.82) is 0 Å². The molecule has 1 aliphatic rings. The van der Waals surface area contributed by atoms with E-state index in [-0.39, 0.29) is 18.0 Å². The smallest absolute Gasteiger partial charge is 0.328 e. The Morgan fingerprint density at radius 1 is 1.39 bits per heavy atom. The molecule has 2 amide bonds. The zero-order chi connectivity index (χ0) is 13.4. The number of urea groups is 1. The highest BCUT2D eigenvalue weighted by Crippen LogP contribution is 2.17. The van der Waals surface area contributed by atoms with Crippen molar-refractivity contribution in [3.63, 3.8) is 0 Å². The van der Waals surface area contributed by atoms with Crippen LogP contribution in [0.25, 0.3) is 0 Å². The lowest BCUT2D eigenvalue weighted by molar-refractivity contribution is -0.142. The van der Waals surface area contributed by atoms with Crippen molar-refractivity contribution < 1.29 is 14.3 Å². The maximum Gasteiger partial charge on any atom is 0.328 e. The summed E-state index contributed by atoms with van der Waals surface area (Å²) in [6.07, 6.45) is 6.94. The Morgan fingerprint density at radius 2 is 2.06 bits per heavy atom. The Balaban J connectivity index is 2.37. The quantitative estimate of drug-likeness (QED) is 0.721. The van der Waals surface area contributed by atoms with Crippen molar-refractivity contribution in [3.8, 4) is 0 Å². The molecule has 1 fully saturated rings. The lowest BCUT2D eigenvalue weighted by Crippen LogP contribution is -2.49. The van der Waals surface area contributed by atoms with Crippen LogP contribution in [0.1, 0.15) is 32.1 Å². The van der Waals surface area contributed by atoms with Crippen LogP contribution in [0.4, 0.5) is 4.79 Å². The number of methoxy groups -OCH3 is 1. The van der Waals surface area contributed by atoms with Gasteiger partial charge in [0.05, 0.1) is 7.11 Å². The second-order valence-electron chi connectivity index (χ2n) is 4.46. The summed E-state index contributed by atoms with van der Waals surface area (Å²) in [5.74, 6) is 0.425. The molecule has 6 heteroatoms. The Labute approximate surface area is 112 Å². The molecule has 2 N–H and O–H groups in total. The van der Waals surface area contributed by atoms with Crippen molar-refractivity contribution in [3.05, 3.63) is 0 Å². The molecule has 0 aliphatic heterocycles. The highest BCUT2D eigenvalue weighted by molar-refractivity contribution is 7.98. The normalized spacial score (nSPS) is 17.2. The maximum absolute atomic E-state index is 11.8. The van der Waals surface area contributed by atoms with Crippen LogP contribution in [0, 0.1) is 0 Å². The Bertz CT molecular complexity index is 280. The number of amides is 2. The van der Waals surface area contributed by atoms with E-state index in [9.17, 15) is 9.59 Å². The van der Waals surface area contributed by atoms with Gasteiger partial charge in [0.15, 0.2) is 0 Å². The summed E-state index contributed by atoms with van der Waals surface area (Å²) >= 11 is 1.64. The second-order valence-corrected chi connectivity index (χ2v) is 5.44. The molecule has 0 bridgehead atoms. The number of nitrogens with one attached hydrogen (secondary N) is 2. The molecule has 0 spiro atoms. The highest BCUT2D eigenvalue weighted by Gasteiger charge is 2.23. The van der Waals surface area contributed by atoms with E-state index in [4.69, 9.17) is 0 Å². The average molecular weight is 274 g/mol. The minimum absolute atomic E-state index is 0.254. The van der Waals surface area contributed by atoms with Crippen LogP contribution in [-0.2, 0) is 9.53 Å². The number of esters is 1. The maximum atomic E-state index is 11.8. The molecule has 18 heavy (non-hydrogen) atoms. The lowest BCUT2D eigenvalue weighted by atomic mass is 10.2. The van der Waals surface area contributed by atoms with Gasteiger partial charge in [-0.15, -0.1) is 0 Å². The monoisotopic (exact) mass is 274 g/mol. The molecule has 0 aromatic carbocycles. The number of thioether (sulfide) groups is 1. The van der Waals surface area contributed by atoms with Crippen LogP contribution in [0.3, 0.4) is 0 Å². The number of rotatable bonds is 6. The first-order valence-corrected chi connectivity index (χ1v) is 7.70. The van der Waals surface area contributed by atoms with Crippen LogP contribution in [0.15, 0.2) is 0 Å². The molecule has 0 radical (unpaired) electrons. The average Bonchev–Trinajstić information content (AvgIpc) is 2.86. The van der Waals surface area contributed by atoms with E-state index in [1.54, 1.807) is 11.8 Å². The van der Waals surface area contributed by atoms with Gasteiger partial charge >= 0.3 is 12.0 Å². The minimum Gasteiger partial charge on any atom is -0.467 e. The molecular formula is C12H22N2O3S. The fourth-order valence-corrected chi connectivity index (χ4v) is 2.55. The standard InChI is InChI=1S/C12H22N2O3S/c1-17-11(15)10(7-8-18-2)14-12(16)13-9-5-3-4-6-9/h9-10H,3-8H2,1-2H3,(H2,13,14,16). The molecular weight excluding hydrogens is 252 g/mol. The number of hydrogen-bond acceptors (Lipinski definition) is 4. The van der Waals surface area contributed by atoms with E-state index in [2.05, 4.69) is 15.4 Å². The zero-order valence-corrected chi connectivity index (χ0v) is 11.8. The van der Waals surface area contributed by atoms with Gasteiger partial charge in [-0.1, -0.05) is 12.8 Å². The van der Waals surface area contributed by atoms with Gasteiger partial charge in [0, 0.05) is 6.04 Å². The third kappa shape index (κ3) is 5.16. The van der Waals surface area contributed by atoms with Crippen molar-refractivity contribution in [2.75, 3.05) is 19.1 Å². The molecule has 1 unspecified atom stereocenters. The van der Waals surface area contributed by atoms with Crippen LogP contribution in [0.5, 0.6) is 0 Å². The van der Waals surface area contributed by atoms with E-state index < -0.39 is 6.04 Å². The van der Waals surface area contributed by atoms with Crippen LogP contribution in [-0.4, -0.2) is 43.2 Å². The molecule has 0 heterocycles. The van der Waals surface area contributed by atoms with Crippen LogP contribution < -0.4 is 10.6 Å². The van der Waals surface area contributed by atoms with Gasteiger partial charge < -0.3 is 15.4 Å². The first-order chi connectivity index (χ1) is 8.67. The highest BCUT2D eigenvalue weighted by atomic mass is 32.2. The number of carbonyl (C=O) groups is 2. The number of carbonyl (C=O) groups excluding carboxylic acids is 2. The van der Waals surface area contributed by atoms with Gasteiger partial charge in [-0.2, -0.15) is 11.8 Å². The topological polar surface area (TPSA) is 67.4 Å². The van der Waals surface area contributed by atoms with Crippen molar-refractivity contribution >= 4 is 23.8 Å². The van der Waals surface area contributed by atoms with Gasteiger partial charge in [-0.05, 0) is 31.3 Å². The number of hydrogen-bond donors (Lipinski definition) is 2. The van der Waals surface area contributed by atoms with E-state index in [1.807, 2.05) is 6.26 Å². The molecule has 1 saturated carbocycles. The van der Waals surface area contributed by atoms with Crippen molar-refractivity contribution in [1.82, 2.24) is 10.6 Å². The molecule has 1 atom stereocenters. The Kier molecular flexibility index (Phi) is 6.93. The fourth-order valence-electron chi connectivity index (χ4n) is 2.08. The largest absolute Gasteiger partial charge is 0.467 e. The molecule has 1 aliphatic carbocycles. The summed E-state index contributed by atoms with van der Waals surface area (Å²) in [5.41, 5.74) is 0. The molecule has 5 nitrogen and oxygen atoms in total. The van der Waals surface area contributed by atoms with Gasteiger partial charge in [-0.25, -0.2) is 9.59 Å². The molecule has 0 aromatic rings. The first kappa shape index (κ1) is 15.1. The molecule has 1 rings (SSSR count). The third-order valence-corrected chi connectivity index (χ3v) is 3.74. The molecule has 0 aromatic heterocycles. The predicted molar refractivity (Wildman–Crippen MR) is 72.7 cm³/mol. The van der Waals surface area contributed by atoms with Crippen molar-refractivity contribution in [2.45, 2.75) is 44.2 Å². The van der Waals surface area contributed by atoms with Gasteiger partial charge in [0.1, 0.15) is 6.04 Å². The van der Waals surface area contributed by atoms with Gasteiger partial charge in [-0.3, -0.25) is 0 Å².